The first kappa shape index (κ1) is 11.2. The fourth-order valence-corrected chi connectivity index (χ4v) is 3.91. The van der Waals surface area contributed by atoms with E-state index in [0.717, 1.165) is 30.9 Å². The fraction of sp³-hybridized carbons (Fsp3) is 0.615. The number of hydrogen-bond donors (Lipinski definition) is 1. The lowest BCUT2D eigenvalue weighted by Crippen LogP contribution is -2.38. The Balaban J connectivity index is 1.82. The van der Waals surface area contributed by atoms with Crippen molar-refractivity contribution in [2.75, 3.05) is 19.6 Å². The average molecular weight is 250 g/mol. The number of fused-ring (bicyclic) bond motifs is 1. The first-order valence-corrected chi connectivity index (χ1v) is 7.07. The van der Waals surface area contributed by atoms with Crippen LogP contribution in [-0.2, 0) is 0 Å². The second-order valence-electron chi connectivity index (χ2n) is 5.12. The van der Waals surface area contributed by atoms with E-state index < -0.39 is 0 Å². The van der Waals surface area contributed by atoms with E-state index in [9.17, 15) is 4.79 Å². The molecule has 3 nitrogen and oxygen atoms in total. The monoisotopic (exact) mass is 250 g/mol. The summed E-state index contributed by atoms with van der Waals surface area (Å²) in [6, 6.07) is 2.48. The third-order valence-electron chi connectivity index (χ3n) is 4.08. The highest BCUT2D eigenvalue weighted by Gasteiger charge is 2.40. The van der Waals surface area contributed by atoms with E-state index >= 15 is 0 Å². The van der Waals surface area contributed by atoms with Crippen LogP contribution in [0.4, 0.5) is 0 Å². The van der Waals surface area contributed by atoms with Crippen LogP contribution < -0.4 is 5.32 Å². The van der Waals surface area contributed by atoms with Crippen molar-refractivity contribution in [3.63, 3.8) is 0 Å². The molecule has 17 heavy (non-hydrogen) atoms. The Morgan fingerprint density at radius 2 is 2.29 bits per heavy atom. The Morgan fingerprint density at radius 1 is 1.47 bits per heavy atom. The van der Waals surface area contributed by atoms with Crippen LogP contribution in [0.5, 0.6) is 0 Å². The van der Waals surface area contributed by atoms with E-state index in [2.05, 4.69) is 24.1 Å². The van der Waals surface area contributed by atoms with Crippen LogP contribution in [0.15, 0.2) is 6.07 Å². The fourth-order valence-electron chi connectivity index (χ4n) is 2.92. The smallest absolute Gasteiger partial charge is 0.264 e. The highest BCUT2D eigenvalue weighted by Crippen LogP contribution is 2.30. The Labute approximate surface area is 106 Å². The van der Waals surface area contributed by atoms with Gasteiger partial charge in [-0.2, -0.15) is 0 Å². The van der Waals surface area contributed by atoms with E-state index in [1.54, 1.807) is 11.3 Å². The summed E-state index contributed by atoms with van der Waals surface area (Å²) in [6.45, 7) is 7.15. The van der Waals surface area contributed by atoms with Crippen LogP contribution >= 0.6 is 11.3 Å². The standard InChI is InChI=1S/C13H18N2OS/c1-8-5-12(17-9(8)2)13(16)15-4-3-10-6-14-7-11(10)15/h5,10-11,14H,3-4,6-7H2,1-2H3/t10-,11+/m0/s1. The largest absolute Gasteiger partial charge is 0.333 e. The molecule has 0 spiro atoms. The van der Waals surface area contributed by atoms with E-state index in [1.165, 1.54) is 10.4 Å². The third kappa shape index (κ3) is 1.79. The van der Waals surface area contributed by atoms with Crippen molar-refractivity contribution in [1.82, 2.24) is 10.2 Å². The van der Waals surface area contributed by atoms with Gasteiger partial charge in [-0.25, -0.2) is 0 Å². The zero-order valence-electron chi connectivity index (χ0n) is 10.3. The summed E-state index contributed by atoms with van der Waals surface area (Å²) in [7, 11) is 0. The van der Waals surface area contributed by atoms with Gasteiger partial charge in [-0.3, -0.25) is 4.79 Å². The molecule has 2 aliphatic heterocycles. The van der Waals surface area contributed by atoms with Gasteiger partial charge in [0.15, 0.2) is 0 Å². The van der Waals surface area contributed by atoms with Crippen molar-refractivity contribution in [1.29, 1.82) is 0 Å². The van der Waals surface area contributed by atoms with Crippen molar-refractivity contribution in [2.24, 2.45) is 5.92 Å². The zero-order valence-corrected chi connectivity index (χ0v) is 11.1. The van der Waals surface area contributed by atoms with Gasteiger partial charge in [0.2, 0.25) is 0 Å². The quantitative estimate of drug-likeness (QED) is 0.824. The molecule has 0 aromatic carbocycles. The Morgan fingerprint density at radius 3 is 3.00 bits per heavy atom. The predicted molar refractivity (Wildman–Crippen MR) is 69.6 cm³/mol. The van der Waals surface area contributed by atoms with Gasteiger partial charge in [0.1, 0.15) is 0 Å². The van der Waals surface area contributed by atoms with Gasteiger partial charge in [-0.05, 0) is 37.8 Å². The van der Waals surface area contributed by atoms with Crippen molar-refractivity contribution >= 4 is 17.2 Å². The SMILES string of the molecule is Cc1cc(C(=O)N2CC[C@H]3CNC[C@H]32)sc1C. The average Bonchev–Trinajstić information content (AvgIpc) is 2.94. The van der Waals surface area contributed by atoms with Crippen molar-refractivity contribution in [3.05, 3.63) is 21.4 Å². The van der Waals surface area contributed by atoms with Gasteiger partial charge < -0.3 is 10.2 Å². The molecule has 3 rings (SSSR count). The van der Waals surface area contributed by atoms with Gasteiger partial charge >= 0.3 is 0 Å². The first-order chi connectivity index (χ1) is 8.16. The molecule has 0 saturated carbocycles. The molecule has 1 amide bonds. The first-order valence-electron chi connectivity index (χ1n) is 6.25. The number of nitrogens with one attached hydrogen (secondary N) is 1. The van der Waals surface area contributed by atoms with Crippen molar-refractivity contribution in [2.45, 2.75) is 26.3 Å². The van der Waals surface area contributed by atoms with Crippen LogP contribution in [0.1, 0.15) is 26.5 Å². The maximum absolute atomic E-state index is 12.5. The minimum atomic E-state index is 0.238. The molecule has 92 valence electrons. The lowest BCUT2D eigenvalue weighted by atomic mass is 10.1. The van der Waals surface area contributed by atoms with Crippen LogP contribution in [0.25, 0.3) is 0 Å². The molecule has 1 aromatic rings. The summed E-state index contributed by atoms with van der Waals surface area (Å²) in [4.78, 5) is 16.7. The summed E-state index contributed by atoms with van der Waals surface area (Å²) >= 11 is 1.63. The molecule has 2 aliphatic rings. The number of nitrogens with zero attached hydrogens (tertiary/aromatic N) is 1. The molecule has 1 aromatic heterocycles. The molecule has 3 heterocycles. The summed E-state index contributed by atoms with van der Waals surface area (Å²) in [5, 5.41) is 3.39. The molecular formula is C13H18N2OS. The lowest BCUT2D eigenvalue weighted by Gasteiger charge is -2.22. The number of likely N-dealkylation sites (tertiary alicyclic amines) is 1. The van der Waals surface area contributed by atoms with Gasteiger partial charge in [0, 0.05) is 30.6 Å². The minimum absolute atomic E-state index is 0.238. The topological polar surface area (TPSA) is 32.3 Å². The summed E-state index contributed by atoms with van der Waals surface area (Å²) in [5.74, 6) is 0.920. The van der Waals surface area contributed by atoms with Gasteiger partial charge in [-0.15, -0.1) is 11.3 Å². The normalized spacial score (nSPS) is 27.5. The Hall–Kier alpha value is -0.870. The van der Waals surface area contributed by atoms with Crippen molar-refractivity contribution in [3.8, 4) is 0 Å². The lowest BCUT2D eigenvalue weighted by molar-refractivity contribution is 0.0742. The molecule has 0 bridgehead atoms. The highest BCUT2D eigenvalue weighted by atomic mass is 32.1. The molecule has 0 aliphatic carbocycles. The third-order valence-corrected chi connectivity index (χ3v) is 5.22. The summed E-state index contributed by atoms with van der Waals surface area (Å²) < 4.78 is 0. The molecular weight excluding hydrogens is 232 g/mol. The number of rotatable bonds is 1. The number of carbonyl (C=O) groups excluding carboxylic acids is 1. The van der Waals surface area contributed by atoms with Crippen LogP contribution in [0, 0.1) is 19.8 Å². The molecule has 0 unspecified atom stereocenters. The molecule has 2 atom stereocenters. The number of amides is 1. The van der Waals surface area contributed by atoms with E-state index in [0.29, 0.717) is 12.0 Å². The van der Waals surface area contributed by atoms with E-state index in [-0.39, 0.29) is 5.91 Å². The Bertz CT molecular complexity index is 435. The second-order valence-corrected chi connectivity index (χ2v) is 6.38. The zero-order chi connectivity index (χ0) is 12.0. The van der Waals surface area contributed by atoms with Gasteiger partial charge in [0.05, 0.1) is 4.88 Å². The van der Waals surface area contributed by atoms with Crippen LogP contribution in [0.2, 0.25) is 0 Å². The minimum Gasteiger partial charge on any atom is -0.333 e. The maximum atomic E-state index is 12.5. The maximum Gasteiger partial charge on any atom is 0.264 e. The van der Waals surface area contributed by atoms with E-state index in [4.69, 9.17) is 0 Å². The molecule has 2 saturated heterocycles. The second kappa shape index (κ2) is 4.10. The number of thiophene rings is 1. The Kier molecular flexibility index (Phi) is 2.71. The molecule has 2 fully saturated rings. The molecule has 1 N–H and O–H groups in total. The number of carbonyl (C=O) groups is 1. The highest BCUT2D eigenvalue weighted by molar-refractivity contribution is 7.14. The number of aryl methyl sites for hydroxylation is 2. The van der Waals surface area contributed by atoms with Crippen LogP contribution in [0.3, 0.4) is 0 Å². The van der Waals surface area contributed by atoms with Gasteiger partial charge in [0.25, 0.3) is 5.91 Å². The van der Waals surface area contributed by atoms with Crippen LogP contribution in [-0.4, -0.2) is 36.5 Å². The summed E-state index contributed by atoms with van der Waals surface area (Å²) in [5.41, 5.74) is 1.23. The van der Waals surface area contributed by atoms with Gasteiger partial charge in [-0.1, -0.05) is 0 Å². The number of hydrogen-bond acceptors (Lipinski definition) is 3. The molecule has 0 radical (unpaired) electrons. The van der Waals surface area contributed by atoms with Crippen molar-refractivity contribution < 1.29 is 4.79 Å². The van der Waals surface area contributed by atoms with E-state index in [1.807, 2.05) is 6.07 Å². The summed E-state index contributed by atoms with van der Waals surface area (Å²) in [6.07, 6.45) is 1.16. The predicted octanol–water partition coefficient (Wildman–Crippen LogP) is 1.80. The molecule has 4 heteroatoms.